The Kier molecular flexibility index (Phi) is 4.53. The molecule has 1 saturated carbocycles. The van der Waals surface area contributed by atoms with Crippen molar-refractivity contribution in [1.29, 1.82) is 0 Å². The number of rotatable bonds is 6. The van der Waals surface area contributed by atoms with Crippen LogP contribution in [0.15, 0.2) is 48.5 Å². The summed E-state index contributed by atoms with van der Waals surface area (Å²) in [6.45, 7) is 3.06. The fraction of sp³-hybridized carbons (Fsp3) is 0.409. The van der Waals surface area contributed by atoms with Gasteiger partial charge >= 0.3 is 0 Å². The van der Waals surface area contributed by atoms with Crippen LogP contribution in [0.1, 0.15) is 41.6 Å². The Labute approximate surface area is 154 Å². The minimum Gasteiger partial charge on any atom is -0.398 e. The molecular formula is C22H25FN2O. The van der Waals surface area contributed by atoms with Crippen molar-refractivity contribution >= 4 is 11.5 Å². The molecule has 2 atom stereocenters. The van der Waals surface area contributed by atoms with Crippen LogP contribution in [-0.2, 0) is 5.41 Å². The molecule has 0 aromatic heterocycles. The van der Waals surface area contributed by atoms with Crippen LogP contribution in [-0.4, -0.2) is 30.3 Å². The van der Waals surface area contributed by atoms with Crippen molar-refractivity contribution in [2.45, 2.75) is 31.1 Å². The predicted octanol–water partition coefficient (Wildman–Crippen LogP) is 4.03. The van der Waals surface area contributed by atoms with Crippen LogP contribution in [0.25, 0.3) is 0 Å². The lowest BCUT2D eigenvalue weighted by atomic mass is 9.58. The molecule has 2 fully saturated rings. The molecule has 1 saturated heterocycles. The molecule has 3 nitrogen and oxygen atoms in total. The normalized spacial score (nSPS) is 24.9. The molecule has 1 aliphatic heterocycles. The van der Waals surface area contributed by atoms with E-state index < -0.39 is 0 Å². The lowest BCUT2D eigenvalue weighted by Gasteiger charge is -2.45. The highest BCUT2D eigenvalue weighted by atomic mass is 19.1. The van der Waals surface area contributed by atoms with Gasteiger partial charge in [-0.2, -0.15) is 0 Å². The number of carbonyl (C=O) groups is 1. The number of hydrogen-bond donors (Lipinski definition) is 1. The van der Waals surface area contributed by atoms with Crippen LogP contribution in [0.3, 0.4) is 0 Å². The first-order valence-corrected chi connectivity index (χ1v) is 9.45. The molecule has 4 heteroatoms. The Hall–Kier alpha value is -2.20. The van der Waals surface area contributed by atoms with E-state index in [-0.39, 0.29) is 17.0 Å². The van der Waals surface area contributed by atoms with E-state index in [2.05, 4.69) is 17.0 Å². The number of ketones is 1. The zero-order valence-electron chi connectivity index (χ0n) is 15.0. The number of anilines is 1. The van der Waals surface area contributed by atoms with E-state index in [1.807, 2.05) is 12.1 Å². The predicted molar refractivity (Wildman–Crippen MR) is 102 cm³/mol. The second-order valence-electron chi connectivity index (χ2n) is 7.75. The number of halogens is 1. The average molecular weight is 352 g/mol. The molecule has 2 aliphatic rings. The molecule has 0 spiro atoms. The number of carbonyl (C=O) groups excluding carboxylic acids is 1. The van der Waals surface area contributed by atoms with Gasteiger partial charge in [0.15, 0.2) is 5.78 Å². The number of nitrogens with zero attached hydrogens (tertiary/aromatic N) is 1. The van der Waals surface area contributed by atoms with Crippen LogP contribution in [0.5, 0.6) is 0 Å². The number of nitrogen functional groups attached to an aromatic ring is 1. The van der Waals surface area contributed by atoms with Crippen molar-refractivity contribution in [2.24, 2.45) is 5.92 Å². The van der Waals surface area contributed by atoms with E-state index in [4.69, 9.17) is 5.73 Å². The molecule has 136 valence electrons. The first-order chi connectivity index (χ1) is 12.6. The zero-order valence-corrected chi connectivity index (χ0v) is 15.0. The highest BCUT2D eigenvalue weighted by Crippen LogP contribution is 2.54. The summed E-state index contributed by atoms with van der Waals surface area (Å²) < 4.78 is 13.0. The Balaban J connectivity index is 1.34. The lowest BCUT2D eigenvalue weighted by molar-refractivity contribution is 0.0976. The molecule has 2 N–H and O–H groups in total. The van der Waals surface area contributed by atoms with Crippen LogP contribution >= 0.6 is 0 Å². The number of hydrogen-bond acceptors (Lipinski definition) is 3. The van der Waals surface area contributed by atoms with Gasteiger partial charge in [-0.1, -0.05) is 18.2 Å². The van der Waals surface area contributed by atoms with E-state index >= 15 is 0 Å². The maximum absolute atomic E-state index is 13.0. The van der Waals surface area contributed by atoms with Crippen molar-refractivity contribution in [3.05, 3.63) is 65.5 Å². The largest absolute Gasteiger partial charge is 0.398 e. The van der Waals surface area contributed by atoms with Crippen LogP contribution in [0.4, 0.5) is 10.1 Å². The molecule has 4 rings (SSSR count). The minimum absolute atomic E-state index is 0.0918. The molecule has 2 aromatic rings. The summed E-state index contributed by atoms with van der Waals surface area (Å²) in [5.74, 6) is 0.466. The minimum atomic E-state index is -0.306. The third-order valence-corrected chi connectivity index (χ3v) is 6.25. The SMILES string of the molecule is Nc1ccccc1C12CCC1CN(CCCC(=O)c1ccc(F)cc1)C2. The number of likely N-dealkylation sites (tertiary alicyclic amines) is 1. The van der Waals surface area contributed by atoms with Gasteiger partial charge in [0.1, 0.15) is 5.82 Å². The van der Waals surface area contributed by atoms with E-state index in [1.165, 1.54) is 30.5 Å². The fourth-order valence-corrected chi connectivity index (χ4v) is 4.75. The molecule has 0 amide bonds. The van der Waals surface area contributed by atoms with Crippen molar-refractivity contribution < 1.29 is 9.18 Å². The summed E-state index contributed by atoms with van der Waals surface area (Å²) in [7, 11) is 0. The molecule has 26 heavy (non-hydrogen) atoms. The highest BCUT2D eigenvalue weighted by molar-refractivity contribution is 5.95. The average Bonchev–Trinajstić information content (AvgIpc) is 2.87. The standard InChI is InChI=1S/C22H25FN2O/c23-18-9-7-16(8-10-18)21(26)6-3-13-25-14-17-11-12-22(17,15-25)19-4-1-2-5-20(19)24/h1-2,4-5,7-10,17H,3,6,11-15,24H2. The smallest absolute Gasteiger partial charge is 0.162 e. The lowest BCUT2D eigenvalue weighted by Crippen LogP contribution is -2.44. The van der Waals surface area contributed by atoms with Gasteiger partial charge in [-0.05, 0) is 67.6 Å². The third kappa shape index (κ3) is 3.03. The number of benzene rings is 2. The van der Waals surface area contributed by atoms with Gasteiger partial charge in [0.25, 0.3) is 0 Å². The third-order valence-electron chi connectivity index (χ3n) is 6.25. The summed E-state index contributed by atoms with van der Waals surface area (Å²) in [6, 6.07) is 14.1. The molecule has 0 radical (unpaired) electrons. The molecule has 2 unspecified atom stereocenters. The van der Waals surface area contributed by atoms with Gasteiger partial charge in [-0.25, -0.2) is 4.39 Å². The van der Waals surface area contributed by atoms with E-state index in [0.717, 1.165) is 31.7 Å². The van der Waals surface area contributed by atoms with Crippen molar-refractivity contribution in [1.82, 2.24) is 4.90 Å². The van der Waals surface area contributed by atoms with E-state index in [9.17, 15) is 9.18 Å². The van der Waals surface area contributed by atoms with Crippen molar-refractivity contribution in [3.63, 3.8) is 0 Å². The van der Waals surface area contributed by atoms with Gasteiger partial charge in [-0.3, -0.25) is 4.79 Å². The number of fused-ring (bicyclic) bond motifs is 1. The summed E-state index contributed by atoms with van der Waals surface area (Å²) in [5.41, 5.74) is 9.28. The Morgan fingerprint density at radius 3 is 2.65 bits per heavy atom. The topological polar surface area (TPSA) is 46.3 Å². The van der Waals surface area contributed by atoms with E-state index in [1.54, 1.807) is 12.1 Å². The van der Waals surface area contributed by atoms with E-state index in [0.29, 0.717) is 17.9 Å². The van der Waals surface area contributed by atoms with Gasteiger partial charge in [0, 0.05) is 36.2 Å². The molecule has 0 bridgehead atoms. The second kappa shape index (κ2) is 6.84. The van der Waals surface area contributed by atoms with Crippen LogP contribution < -0.4 is 5.73 Å². The Morgan fingerprint density at radius 1 is 1.19 bits per heavy atom. The van der Waals surface area contributed by atoms with Crippen LogP contribution in [0, 0.1) is 11.7 Å². The van der Waals surface area contributed by atoms with Gasteiger partial charge < -0.3 is 10.6 Å². The molecular weight excluding hydrogens is 327 g/mol. The van der Waals surface area contributed by atoms with Gasteiger partial charge in [0.2, 0.25) is 0 Å². The fourth-order valence-electron chi connectivity index (χ4n) is 4.75. The van der Waals surface area contributed by atoms with Crippen molar-refractivity contribution in [2.75, 3.05) is 25.4 Å². The summed E-state index contributed by atoms with van der Waals surface area (Å²) in [5, 5.41) is 0. The second-order valence-corrected chi connectivity index (χ2v) is 7.75. The Bertz CT molecular complexity index is 804. The number of para-hydroxylation sites is 1. The number of Topliss-reactive ketones (excluding diaryl/α,β-unsaturated/α-hetero) is 1. The maximum atomic E-state index is 13.0. The van der Waals surface area contributed by atoms with Crippen LogP contribution in [0.2, 0.25) is 0 Å². The molecule has 1 heterocycles. The van der Waals surface area contributed by atoms with Crippen molar-refractivity contribution in [3.8, 4) is 0 Å². The number of nitrogens with two attached hydrogens (primary N) is 1. The highest BCUT2D eigenvalue weighted by Gasteiger charge is 2.54. The monoisotopic (exact) mass is 352 g/mol. The Morgan fingerprint density at radius 2 is 1.96 bits per heavy atom. The molecule has 1 aliphatic carbocycles. The maximum Gasteiger partial charge on any atom is 0.162 e. The summed E-state index contributed by atoms with van der Waals surface area (Å²) in [6.07, 6.45) is 3.81. The first kappa shape index (κ1) is 17.2. The van der Waals surface area contributed by atoms with Gasteiger partial charge in [0.05, 0.1) is 0 Å². The van der Waals surface area contributed by atoms with Gasteiger partial charge in [-0.15, -0.1) is 0 Å². The summed E-state index contributed by atoms with van der Waals surface area (Å²) >= 11 is 0. The first-order valence-electron chi connectivity index (χ1n) is 9.45. The zero-order chi connectivity index (χ0) is 18.1. The quantitative estimate of drug-likeness (QED) is 0.630. The molecule has 2 aromatic carbocycles. The summed E-state index contributed by atoms with van der Waals surface area (Å²) in [4.78, 5) is 14.7.